The van der Waals surface area contributed by atoms with Gasteiger partial charge in [-0.15, -0.1) is 0 Å². The second kappa shape index (κ2) is 16.5. The van der Waals surface area contributed by atoms with Gasteiger partial charge in [0.25, 0.3) is 0 Å². The van der Waals surface area contributed by atoms with Crippen LogP contribution in [0.3, 0.4) is 0 Å². The number of amides is 2. The first-order valence-electron chi connectivity index (χ1n) is 10.7. The molecule has 0 spiro atoms. The van der Waals surface area contributed by atoms with E-state index in [1.807, 2.05) is 0 Å². The van der Waals surface area contributed by atoms with Gasteiger partial charge in [0.1, 0.15) is 0 Å². The molecule has 0 fully saturated rings. The van der Waals surface area contributed by atoms with E-state index in [1.165, 1.54) is 0 Å². The summed E-state index contributed by atoms with van der Waals surface area (Å²) in [6, 6.07) is 0. The van der Waals surface area contributed by atoms with Gasteiger partial charge < -0.3 is 10.6 Å². The molecule has 0 radical (unpaired) electrons. The Morgan fingerprint density at radius 2 is 1.04 bits per heavy atom. The van der Waals surface area contributed by atoms with Gasteiger partial charge in [-0.05, 0) is 39.5 Å². The van der Waals surface area contributed by atoms with Crippen molar-refractivity contribution in [1.82, 2.24) is 10.6 Å². The van der Waals surface area contributed by atoms with Crippen molar-refractivity contribution in [3.05, 3.63) is 24.3 Å². The molecule has 5 heteroatoms. The minimum atomic E-state index is 0.0768. The molecular weight excluding hydrogens is 338 g/mol. The summed E-state index contributed by atoms with van der Waals surface area (Å²) in [6.45, 7) is 11.3. The fourth-order valence-electron chi connectivity index (χ4n) is 2.65. The van der Waals surface area contributed by atoms with Crippen molar-refractivity contribution in [3.63, 3.8) is 0 Å². The minimum Gasteiger partial charge on any atom is -0.309 e. The molecule has 0 bridgehead atoms. The lowest BCUT2D eigenvalue weighted by Gasteiger charge is -2.36. The maximum absolute atomic E-state index is 12.1. The van der Waals surface area contributed by atoms with E-state index in [0.717, 1.165) is 51.6 Å². The molecule has 2 N–H and O–H groups in total. The molecule has 0 aromatic heterocycles. The van der Waals surface area contributed by atoms with Crippen LogP contribution in [0.4, 0.5) is 0 Å². The van der Waals surface area contributed by atoms with Gasteiger partial charge in [0, 0.05) is 12.8 Å². The molecule has 0 saturated carbocycles. The molecule has 156 valence electrons. The van der Waals surface area contributed by atoms with Gasteiger partial charge in [0.2, 0.25) is 11.8 Å². The van der Waals surface area contributed by atoms with E-state index >= 15 is 0 Å². The molecule has 0 aromatic carbocycles. The third-order valence-electron chi connectivity index (χ3n) is 4.89. The zero-order chi connectivity index (χ0) is 20.4. The Balaban J connectivity index is 4.25. The van der Waals surface area contributed by atoms with Gasteiger partial charge in [-0.1, -0.05) is 51.0 Å². The number of quaternary nitrogens is 1. The molecule has 5 nitrogen and oxygen atoms in total. The molecule has 0 unspecified atom stereocenters. The number of hydrogen-bond acceptors (Lipinski definition) is 2. The van der Waals surface area contributed by atoms with E-state index in [9.17, 15) is 9.59 Å². The highest BCUT2D eigenvalue weighted by molar-refractivity contribution is 5.76. The van der Waals surface area contributed by atoms with E-state index in [-0.39, 0.29) is 11.8 Å². The van der Waals surface area contributed by atoms with E-state index < -0.39 is 0 Å². The highest BCUT2D eigenvalue weighted by Gasteiger charge is 2.24. The van der Waals surface area contributed by atoms with Crippen LogP contribution in [0.1, 0.15) is 79.1 Å². The summed E-state index contributed by atoms with van der Waals surface area (Å²) in [5.74, 6) is 0.154. The molecule has 0 heterocycles. The van der Waals surface area contributed by atoms with Crippen LogP contribution in [-0.4, -0.2) is 42.7 Å². The molecular formula is C22H42N3O2+. The fraction of sp³-hybridized carbons (Fsp3) is 0.727. The first-order chi connectivity index (χ1) is 13.0. The molecule has 0 rings (SSSR count). The van der Waals surface area contributed by atoms with E-state index in [4.69, 9.17) is 0 Å². The topological polar surface area (TPSA) is 58.2 Å². The Morgan fingerprint density at radius 3 is 1.37 bits per heavy atom. The molecule has 27 heavy (non-hydrogen) atoms. The van der Waals surface area contributed by atoms with Gasteiger partial charge >= 0.3 is 0 Å². The molecule has 0 saturated heterocycles. The first kappa shape index (κ1) is 25.4. The number of hydrogen-bond donors (Lipinski definition) is 2. The minimum absolute atomic E-state index is 0.0768. The Bertz CT molecular complexity index is 416. The zero-order valence-electron chi connectivity index (χ0n) is 18.1. The summed E-state index contributed by atoms with van der Waals surface area (Å²) in [7, 11) is 0. The fourth-order valence-corrected chi connectivity index (χ4v) is 2.65. The third kappa shape index (κ3) is 13.2. The Kier molecular flexibility index (Phi) is 15.6. The lowest BCUT2D eigenvalue weighted by Crippen LogP contribution is -2.58. The van der Waals surface area contributed by atoms with Crippen molar-refractivity contribution in [1.29, 1.82) is 0 Å². The lowest BCUT2D eigenvalue weighted by molar-refractivity contribution is -0.928. The van der Waals surface area contributed by atoms with Crippen LogP contribution < -0.4 is 10.6 Å². The number of nitrogens with one attached hydrogen (secondary N) is 2. The van der Waals surface area contributed by atoms with Crippen LogP contribution in [0.5, 0.6) is 0 Å². The molecule has 0 aliphatic carbocycles. The second-order valence-electron chi connectivity index (χ2n) is 7.09. The number of allylic oxidation sites excluding steroid dienone is 4. The normalized spacial score (nSPS) is 12.0. The number of carbonyl (C=O) groups excluding carboxylic acids is 2. The SMILES string of the molecule is CCC/C=C/CCC(=O)NC[N+](CC)(CC)CNC(=O)CC/C=C/CCC. The standard InChI is InChI=1S/C22H41N3O2/c1-5-9-11-13-15-17-21(26)23-19-25(7-3,8-4)20-24-22(27)18-16-14-12-10-6-2/h11-14H,5-10,15-20H2,1-4H3,(H-,23,24,26,27)/p+1/b13-11+,14-12+. The third-order valence-corrected chi connectivity index (χ3v) is 4.89. The summed E-state index contributed by atoms with van der Waals surface area (Å²) >= 11 is 0. The predicted octanol–water partition coefficient (Wildman–Crippen LogP) is 4.26. The Hall–Kier alpha value is -1.62. The van der Waals surface area contributed by atoms with Crippen molar-refractivity contribution >= 4 is 11.8 Å². The maximum Gasteiger partial charge on any atom is 0.224 e. The molecule has 0 aromatic rings. The smallest absolute Gasteiger partial charge is 0.224 e. The van der Waals surface area contributed by atoms with Crippen molar-refractivity contribution in [3.8, 4) is 0 Å². The quantitative estimate of drug-likeness (QED) is 0.239. The highest BCUT2D eigenvalue weighted by Crippen LogP contribution is 2.04. The molecule has 0 atom stereocenters. The number of rotatable bonds is 16. The second-order valence-corrected chi connectivity index (χ2v) is 7.09. The van der Waals surface area contributed by atoms with Crippen LogP contribution in [-0.2, 0) is 9.59 Å². The average Bonchev–Trinajstić information content (AvgIpc) is 2.68. The van der Waals surface area contributed by atoms with Gasteiger partial charge in [-0.3, -0.25) is 14.1 Å². The van der Waals surface area contributed by atoms with E-state index in [1.54, 1.807) is 0 Å². The summed E-state index contributed by atoms with van der Waals surface area (Å²) in [5.41, 5.74) is 0. The summed E-state index contributed by atoms with van der Waals surface area (Å²) in [6.07, 6.45) is 15.5. The van der Waals surface area contributed by atoms with Crippen LogP contribution in [0.25, 0.3) is 0 Å². The first-order valence-corrected chi connectivity index (χ1v) is 10.7. The van der Waals surface area contributed by atoms with Gasteiger partial charge in [0.15, 0.2) is 13.3 Å². The molecule has 0 aliphatic rings. The monoisotopic (exact) mass is 380 g/mol. The Morgan fingerprint density at radius 1 is 0.667 bits per heavy atom. The largest absolute Gasteiger partial charge is 0.309 e. The number of unbranched alkanes of at least 4 members (excludes halogenated alkanes) is 2. The average molecular weight is 381 g/mol. The predicted molar refractivity (Wildman–Crippen MR) is 114 cm³/mol. The van der Waals surface area contributed by atoms with Gasteiger partial charge in [-0.2, -0.15) is 0 Å². The zero-order valence-corrected chi connectivity index (χ0v) is 18.1. The van der Waals surface area contributed by atoms with Crippen LogP contribution in [0.2, 0.25) is 0 Å². The summed E-state index contributed by atoms with van der Waals surface area (Å²) < 4.78 is 0.662. The highest BCUT2D eigenvalue weighted by atomic mass is 16.2. The van der Waals surface area contributed by atoms with E-state index in [2.05, 4.69) is 62.6 Å². The molecule has 2 amide bonds. The van der Waals surface area contributed by atoms with Gasteiger partial charge in [-0.25, -0.2) is 0 Å². The van der Waals surface area contributed by atoms with Crippen LogP contribution >= 0.6 is 0 Å². The molecule has 0 aliphatic heterocycles. The van der Waals surface area contributed by atoms with Crippen molar-refractivity contribution in [2.75, 3.05) is 26.4 Å². The van der Waals surface area contributed by atoms with Crippen molar-refractivity contribution < 1.29 is 14.1 Å². The summed E-state index contributed by atoms with van der Waals surface area (Å²) in [4.78, 5) is 24.1. The van der Waals surface area contributed by atoms with Crippen molar-refractivity contribution in [2.24, 2.45) is 0 Å². The number of nitrogens with zero attached hydrogens (tertiary/aromatic N) is 1. The van der Waals surface area contributed by atoms with E-state index in [0.29, 0.717) is 30.7 Å². The lowest BCUT2D eigenvalue weighted by atomic mass is 10.2. The summed E-state index contributed by atoms with van der Waals surface area (Å²) in [5, 5.41) is 6.09. The Labute approximate surface area is 166 Å². The maximum atomic E-state index is 12.1. The van der Waals surface area contributed by atoms with Gasteiger partial charge in [0.05, 0.1) is 13.1 Å². The van der Waals surface area contributed by atoms with Crippen LogP contribution in [0, 0.1) is 0 Å². The van der Waals surface area contributed by atoms with Crippen LogP contribution in [0.15, 0.2) is 24.3 Å². The van der Waals surface area contributed by atoms with Crippen molar-refractivity contribution in [2.45, 2.75) is 79.1 Å². The number of carbonyl (C=O) groups is 2.